The number of aryl methyl sites for hydroxylation is 1. The number of nitrogens with two attached hydrogens (primary N) is 1. The van der Waals surface area contributed by atoms with Crippen LogP contribution in [0.3, 0.4) is 0 Å². The van der Waals surface area contributed by atoms with E-state index in [4.69, 9.17) is 5.73 Å². The highest BCUT2D eigenvalue weighted by Gasteiger charge is 2.23. The lowest BCUT2D eigenvalue weighted by Crippen LogP contribution is -2.38. The molecule has 0 unspecified atom stereocenters. The second kappa shape index (κ2) is 8.61. The second-order valence-electron chi connectivity index (χ2n) is 7.02. The quantitative estimate of drug-likeness (QED) is 0.722. The van der Waals surface area contributed by atoms with Crippen molar-refractivity contribution in [2.45, 2.75) is 38.6 Å². The van der Waals surface area contributed by atoms with Crippen molar-refractivity contribution in [2.24, 2.45) is 5.73 Å². The van der Waals surface area contributed by atoms with Gasteiger partial charge in [-0.1, -0.05) is 68.4 Å². The third kappa shape index (κ3) is 6.27. The zero-order valence-electron chi connectivity index (χ0n) is 15.0. The molecule has 0 aliphatic carbocycles. The molecule has 2 rings (SSSR count). The number of hydrogen-bond donors (Lipinski definition) is 2. The molecule has 0 aliphatic heterocycles. The number of nitrogens with one attached hydrogen (secondary N) is 1. The molecule has 5 heteroatoms. The van der Waals surface area contributed by atoms with E-state index >= 15 is 0 Å². The molecule has 0 fully saturated rings. The summed E-state index contributed by atoms with van der Waals surface area (Å²) in [5.41, 5.74) is 8.70. The Morgan fingerprint density at radius 2 is 1.68 bits per heavy atom. The molecule has 0 spiro atoms. The lowest BCUT2D eigenvalue weighted by molar-refractivity contribution is 0.500. The van der Waals surface area contributed by atoms with Crippen LogP contribution in [0.2, 0.25) is 0 Å². The summed E-state index contributed by atoms with van der Waals surface area (Å²) in [5, 5.41) is 0. The highest BCUT2D eigenvalue weighted by atomic mass is 32.2. The van der Waals surface area contributed by atoms with E-state index in [1.807, 2.05) is 68.4 Å². The Kier molecular flexibility index (Phi) is 6.76. The van der Waals surface area contributed by atoms with E-state index in [0.29, 0.717) is 19.5 Å². The van der Waals surface area contributed by atoms with Gasteiger partial charge in [-0.05, 0) is 29.5 Å². The van der Waals surface area contributed by atoms with Gasteiger partial charge in [0, 0.05) is 18.5 Å². The van der Waals surface area contributed by atoms with Crippen molar-refractivity contribution in [3.8, 4) is 0 Å². The molecule has 0 saturated heterocycles. The van der Waals surface area contributed by atoms with Crippen molar-refractivity contribution >= 4 is 10.0 Å². The highest BCUT2D eigenvalue weighted by Crippen LogP contribution is 2.23. The van der Waals surface area contributed by atoms with Crippen LogP contribution in [0.25, 0.3) is 0 Å². The van der Waals surface area contributed by atoms with Crippen LogP contribution in [-0.4, -0.2) is 20.7 Å². The van der Waals surface area contributed by atoms with Gasteiger partial charge < -0.3 is 5.73 Å². The van der Waals surface area contributed by atoms with Crippen LogP contribution in [0.4, 0.5) is 0 Å². The van der Waals surface area contributed by atoms with Gasteiger partial charge in [-0.15, -0.1) is 0 Å². The summed E-state index contributed by atoms with van der Waals surface area (Å²) in [6.45, 7) is 4.92. The third-order valence-electron chi connectivity index (χ3n) is 4.40. The maximum Gasteiger partial charge on any atom is 0.211 e. The number of rotatable bonds is 9. The maximum absolute atomic E-state index is 12.3. The highest BCUT2D eigenvalue weighted by molar-refractivity contribution is 7.89. The molecule has 0 aromatic heterocycles. The predicted molar refractivity (Wildman–Crippen MR) is 104 cm³/mol. The Bertz CT molecular complexity index is 771. The molecule has 0 radical (unpaired) electrons. The summed E-state index contributed by atoms with van der Waals surface area (Å²) < 4.78 is 27.3. The van der Waals surface area contributed by atoms with E-state index in [1.54, 1.807) is 0 Å². The van der Waals surface area contributed by atoms with Crippen molar-refractivity contribution in [2.75, 3.05) is 12.3 Å². The fraction of sp³-hybridized carbons (Fsp3) is 0.400. The Morgan fingerprint density at radius 3 is 2.36 bits per heavy atom. The van der Waals surface area contributed by atoms with Gasteiger partial charge in [0.05, 0.1) is 5.75 Å². The Balaban J connectivity index is 1.89. The lowest BCUT2D eigenvalue weighted by atomic mass is 9.84. The van der Waals surface area contributed by atoms with Crippen molar-refractivity contribution in [1.29, 1.82) is 0 Å². The lowest BCUT2D eigenvalue weighted by Gasteiger charge is -2.26. The molecule has 0 atom stereocenters. The molecular formula is C20H28N2O2S. The third-order valence-corrected chi connectivity index (χ3v) is 5.81. The zero-order chi connectivity index (χ0) is 18.3. The summed E-state index contributed by atoms with van der Waals surface area (Å²) >= 11 is 0. The molecule has 0 saturated carbocycles. The van der Waals surface area contributed by atoms with Gasteiger partial charge in [0.25, 0.3) is 0 Å². The first-order valence-electron chi connectivity index (χ1n) is 8.63. The monoisotopic (exact) mass is 360 g/mol. The van der Waals surface area contributed by atoms with E-state index in [9.17, 15) is 8.42 Å². The Labute approximate surface area is 151 Å². The van der Waals surface area contributed by atoms with Crippen LogP contribution >= 0.6 is 0 Å². The second-order valence-corrected chi connectivity index (χ2v) is 8.94. The molecular weight excluding hydrogens is 332 g/mol. The van der Waals surface area contributed by atoms with E-state index in [-0.39, 0.29) is 11.2 Å². The van der Waals surface area contributed by atoms with Gasteiger partial charge >= 0.3 is 0 Å². The van der Waals surface area contributed by atoms with E-state index < -0.39 is 10.0 Å². The number of sulfonamides is 1. The molecule has 0 heterocycles. The zero-order valence-corrected chi connectivity index (χ0v) is 15.9. The Morgan fingerprint density at radius 1 is 1.00 bits per heavy atom. The van der Waals surface area contributed by atoms with Crippen molar-refractivity contribution < 1.29 is 8.42 Å². The smallest absolute Gasteiger partial charge is 0.211 e. The van der Waals surface area contributed by atoms with E-state index in [2.05, 4.69) is 4.72 Å². The standard InChI is InChI=1S/C20H28N2O2S/c1-20(2,19-12-6-10-18(14-19)15-21)16-22-25(23,24)13-7-11-17-8-4-3-5-9-17/h3-6,8-10,12,14,22H,7,11,13,15-16,21H2,1-2H3. The molecule has 4 nitrogen and oxygen atoms in total. The largest absolute Gasteiger partial charge is 0.326 e. The van der Waals surface area contributed by atoms with Crippen LogP contribution in [0.1, 0.15) is 37.0 Å². The van der Waals surface area contributed by atoms with Gasteiger partial charge in [-0.3, -0.25) is 0 Å². The van der Waals surface area contributed by atoms with Crippen LogP contribution in [0.15, 0.2) is 54.6 Å². The summed E-state index contributed by atoms with van der Waals surface area (Å²) in [4.78, 5) is 0. The fourth-order valence-electron chi connectivity index (χ4n) is 2.69. The Hall–Kier alpha value is -1.69. The first-order chi connectivity index (χ1) is 11.8. The normalized spacial score (nSPS) is 12.3. The fourth-order valence-corrected chi connectivity index (χ4v) is 3.94. The van der Waals surface area contributed by atoms with Gasteiger partial charge in [-0.25, -0.2) is 13.1 Å². The topological polar surface area (TPSA) is 72.2 Å². The minimum absolute atomic E-state index is 0.140. The van der Waals surface area contributed by atoms with Crippen molar-refractivity contribution in [3.05, 3.63) is 71.3 Å². The minimum Gasteiger partial charge on any atom is -0.326 e. The van der Waals surface area contributed by atoms with Crippen LogP contribution in [0.5, 0.6) is 0 Å². The molecule has 136 valence electrons. The van der Waals surface area contributed by atoms with Crippen LogP contribution in [0, 0.1) is 0 Å². The summed E-state index contributed by atoms with van der Waals surface area (Å²) in [7, 11) is -3.28. The van der Waals surface area contributed by atoms with E-state index in [0.717, 1.165) is 23.1 Å². The molecule has 0 aliphatic rings. The molecule has 2 aromatic carbocycles. The van der Waals surface area contributed by atoms with E-state index in [1.165, 1.54) is 0 Å². The van der Waals surface area contributed by atoms with Gasteiger partial charge in [0.15, 0.2) is 0 Å². The maximum atomic E-state index is 12.3. The minimum atomic E-state index is -3.28. The van der Waals surface area contributed by atoms with Gasteiger partial charge in [-0.2, -0.15) is 0 Å². The first kappa shape index (κ1) is 19.6. The molecule has 0 bridgehead atoms. The SMILES string of the molecule is CC(C)(CNS(=O)(=O)CCCc1ccccc1)c1cccc(CN)c1. The summed E-state index contributed by atoms with van der Waals surface area (Å²) in [6, 6.07) is 18.0. The van der Waals surface area contributed by atoms with Gasteiger partial charge in [0.2, 0.25) is 10.0 Å². The van der Waals surface area contributed by atoms with Crippen LogP contribution in [-0.2, 0) is 28.4 Å². The molecule has 3 N–H and O–H groups in total. The average molecular weight is 361 g/mol. The van der Waals surface area contributed by atoms with Crippen molar-refractivity contribution in [1.82, 2.24) is 4.72 Å². The van der Waals surface area contributed by atoms with Crippen molar-refractivity contribution in [3.63, 3.8) is 0 Å². The molecule has 2 aromatic rings. The predicted octanol–water partition coefficient (Wildman–Crippen LogP) is 2.98. The average Bonchev–Trinajstić information content (AvgIpc) is 2.61. The number of hydrogen-bond acceptors (Lipinski definition) is 3. The molecule has 25 heavy (non-hydrogen) atoms. The van der Waals surface area contributed by atoms with Gasteiger partial charge in [0.1, 0.15) is 0 Å². The van der Waals surface area contributed by atoms with Crippen LogP contribution < -0.4 is 10.5 Å². The first-order valence-corrected chi connectivity index (χ1v) is 10.3. The number of benzene rings is 2. The summed E-state index contributed by atoms with van der Waals surface area (Å²) in [6.07, 6.45) is 1.38. The molecule has 0 amide bonds. The summed E-state index contributed by atoms with van der Waals surface area (Å²) in [5.74, 6) is 0.140.